The second-order valence-electron chi connectivity index (χ2n) is 4.66. The predicted octanol–water partition coefficient (Wildman–Crippen LogP) is 2.95. The Balaban J connectivity index is 2.10. The zero-order valence-electron chi connectivity index (χ0n) is 10.1. The molecule has 0 spiro atoms. The van der Waals surface area contributed by atoms with E-state index in [4.69, 9.17) is 4.84 Å². The highest BCUT2D eigenvalue weighted by molar-refractivity contribution is 5.97. The Bertz CT molecular complexity index is 608. The maximum Gasteiger partial charge on any atom is 0.152 e. The molecule has 0 unspecified atom stereocenters. The Morgan fingerprint density at radius 1 is 1.44 bits per heavy atom. The number of rotatable bonds is 5. The highest BCUT2D eigenvalue weighted by Crippen LogP contribution is 2.41. The van der Waals surface area contributed by atoms with Crippen molar-refractivity contribution >= 4 is 17.2 Å². The molecule has 0 amide bonds. The standard InChI is InChI=1S/C15H15NO2/c1-2-7-18-16-9-13(10-17)14-6-5-12(8-15(14)16)11-3-4-11/h2,5-6,8-11H,1,3-4,7H2. The summed E-state index contributed by atoms with van der Waals surface area (Å²) in [7, 11) is 0. The highest BCUT2D eigenvalue weighted by atomic mass is 16.7. The number of nitrogens with zero attached hydrogens (tertiary/aromatic N) is 1. The molecule has 0 saturated heterocycles. The molecule has 0 radical (unpaired) electrons. The second kappa shape index (κ2) is 4.33. The molecule has 1 aromatic carbocycles. The van der Waals surface area contributed by atoms with E-state index >= 15 is 0 Å². The van der Waals surface area contributed by atoms with Crippen molar-refractivity contribution in [2.24, 2.45) is 0 Å². The first-order valence-corrected chi connectivity index (χ1v) is 6.18. The third-order valence-electron chi connectivity index (χ3n) is 3.33. The van der Waals surface area contributed by atoms with Crippen LogP contribution in [-0.2, 0) is 0 Å². The van der Waals surface area contributed by atoms with E-state index in [0.717, 1.165) is 17.2 Å². The van der Waals surface area contributed by atoms with Crippen LogP contribution in [0.5, 0.6) is 0 Å². The van der Waals surface area contributed by atoms with Gasteiger partial charge in [0.05, 0.1) is 11.7 Å². The zero-order chi connectivity index (χ0) is 12.5. The minimum absolute atomic E-state index is 0.426. The number of benzene rings is 1. The van der Waals surface area contributed by atoms with E-state index in [1.807, 2.05) is 6.07 Å². The molecule has 3 rings (SSSR count). The van der Waals surface area contributed by atoms with Gasteiger partial charge >= 0.3 is 0 Å². The Kier molecular flexibility index (Phi) is 2.67. The van der Waals surface area contributed by atoms with Gasteiger partial charge in [-0.15, -0.1) is 0 Å². The van der Waals surface area contributed by atoms with Crippen LogP contribution in [0.15, 0.2) is 37.1 Å². The molecule has 1 saturated carbocycles. The topological polar surface area (TPSA) is 31.2 Å². The van der Waals surface area contributed by atoms with Crippen LogP contribution in [0.4, 0.5) is 0 Å². The van der Waals surface area contributed by atoms with Crippen molar-refractivity contribution in [3.63, 3.8) is 0 Å². The van der Waals surface area contributed by atoms with Gasteiger partial charge in [0.2, 0.25) is 0 Å². The maximum atomic E-state index is 11.0. The van der Waals surface area contributed by atoms with E-state index in [2.05, 4.69) is 18.7 Å². The molecule has 3 heteroatoms. The van der Waals surface area contributed by atoms with Gasteiger partial charge in [-0.25, -0.2) is 0 Å². The lowest BCUT2D eigenvalue weighted by Gasteiger charge is -2.06. The number of aldehydes is 1. The van der Waals surface area contributed by atoms with Crippen LogP contribution in [0.1, 0.15) is 34.7 Å². The van der Waals surface area contributed by atoms with Crippen LogP contribution >= 0.6 is 0 Å². The summed E-state index contributed by atoms with van der Waals surface area (Å²) < 4.78 is 1.67. The molecule has 18 heavy (non-hydrogen) atoms. The largest absolute Gasteiger partial charge is 0.410 e. The first kappa shape index (κ1) is 11.1. The second-order valence-corrected chi connectivity index (χ2v) is 4.66. The molecule has 0 aliphatic heterocycles. The van der Waals surface area contributed by atoms with Crippen molar-refractivity contribution in [1.82, 2.24) is 4.73 Å². The molecule has 1 fully saturated rings. The lowest BCUT2D eigenvalue weighted by molar-refractivity contribution is 0.111. The molecule has 2 aromatic rings. The quantitative estimate of drug-likeness (QED) is 0.595. The first-order chi connectivity index (χ1) is 8.83. The van der Waals surface area contributed by atoms with E-state index in [-0.39, 0.29) is 0 Å². The molecular weight excluding hydrogens is 226 g/mol. The van der Waals surface area contributed by atoms with Crippen molar-refractivity contribution in [2.75, 3.05) is 6.61 Å². The molecule has 1 aliphatic rings. The Labute approximate surface area is 106 Å². The van der Waals surface area contributed by atoms with Crippen LogP contribution in [0.25, 0.3) is 10.9 Å². The van der Waals surface area contributed by atoms with Gasteiger partial charge in [0.15, 0.2) is 6.29 Å². The molecule has 1 aromatic heterocycles. The lowest BCUT2D eigenvalue weighted by Crippen LogP contribution is -2.09. The van der Waals surface area contributed by atoms with Gasteiger partial charge in [-0.05, 0) is 30.4 Å². The van der Waals surface area contributed by atoms with E-state index in [9.17, 15) is 4.79 Å². The predicted molar refractivity (Wildman–Crippen MR) is 70.9 cm³/mol. The minimum Gasteiger partial charge on any atom is -0.410 e. The van der Waals surface area contributed by atoms with Crippen LogP contribution in [0, 0.1) is 0 Å². The number of hydrogen-bond acceptors (Lipinski definition) is 2. The highest BCUT2D eigenvalue weighted by Gasteiger charge is 2.24. The molecule has 0 N–H and O–H groups in total. The SMILES string of the molecule is C=CCOn1cc(C=O)c2ccc(C3CC3)cc21. The van der Waals surface area contributed by atoms with Gasteiger partial charge in [-0.1, -0.05) is 24.8 Å². The van der Waals surface area contributed by atoms with Crippen LogP contribution in [0.3, 0.4) is 0 Å². The fourth-order valence-corrected chi connectivity index (χ4v) is 2.24. The van der Waals surface area contributed by atoms with Gasteiger partial charge in [-0.2, -0.15) is 4.73 Å². The van der Waals surface area contributed by atoms with Crippen molar-refractivity contribution < 1.29 is 9.63 Å². The summed E-state index contributed by atoms with van der Waals surface area (Å²) in [6.07, 6.45) is 6.82. The molecule has 0 atom stereocenters. The fourth-order valence-electron chi connectivity index (χ4n) is 2.24. The Hall–Kier alpha value is -2.03. The summed E-state index contributed by atoms with van der Waals surface area (Å²) in [5, 5.41) is 0.943. The molecule has 0 bridgehead atoms. The minimum atomic E-state index is 0.426. The van der Waals surface area contributed by atoms with Crippen molar-refractivity contribution in [2.45, 2.75) is 18.8 Å². The number of carbonyl (C=O) groups is 1. The van der Waals surface area contributed by atoms with Gasteiger partial charge in [0.1, 0.15) is 6.61 Å². The number of hydrogen-bond donors (Lipinski definition) is 0. The van der Waals surface area contributed by atoms with Gasteiger partial charge in [0.25, 0.3) is 0 Å². The Morgan fingerprint density at radius 3 is 2.94 bits per heavy atom. The third kappa shape index (κ3) is 1.82. The van der Waals surface area contributed by atoms with Gasteiger partial charge in [-0.3, -0.25) is 4.79 Å². The van der Waals surface area contributed by atoms with Crippen LogP contribution in [0.2, 0.25) is 0 Å². The van der Waals surface area contributed by atoms with E-state index in [1.165, 1.54) is 18.4 Å². The van der Waals surface area contributed by atoms with E-state index in [1.54, 1.807) is 17.0 Å². The average molecular weight is 241 g/mol. The summed E-state index contributed by atoms with van der Waals surface area (Å²) in [4.78, 5) is 16.6. The van der Waals surface area contributed by atoms with Crippen LogP contribution in [-0.4, -0.2) is 17.6 Å². The van der Waals surface area contributed by atoms with E-state index in [0.29, 0.717) is 18.1 Å². The molecule has 3 nitrogen and oxygen atoms in total. The van der Waals surface area contributed by atoms with E-state index < -0.39 is 0 Å². The molecule has 92 valence electrons. The van der Waals surface area contributed by atoms with Gasteiger partial charge in [0, 0.05) is 10.9 Å². The number of fused-ring (bicyclic) bond motifs is 1. The average Bonchev–Trinajstić information content (AvgIpc) is 3.19. The van der Waals surface area contributed by atoms with Crippen LogP contribution < -0.4 is 4.84 Å². The summed E-state index contributed by atoms with van der Waals surface area (Å²) in [6, 6.07) is 6.26. The zero-order valence-corrected chi connectivity index (χ0v) is 10.1. The number of aromatic nitrogens is 1. The summed E-state index contributed by atoms with van der Waals surface area (Å²) in [5.74, 6) is 0.692. The molecular formula is C15H15NO2. The Morgan fingerprint density at radius 2 is 2.28 bits per heavy atom. The van der Waals surface area contributed by atoms with Crippen molar-refractivity contribution in [3.05, 3.63) is 48.2 Å². The summed E-state index contributed by atoms with van der Waals surface area (Å²) >= 11 is 0. The first-order valence-electron chi connectivity index (χ1n) is 6.18. The third-order valence-corrected chi connectivity index (χ3v) is 3.33. The van der Waals surface area contributed by atoms with Crippen molar-refractivity contribution in [1.29, 1.82) is 0 Å². The normalized spacial score (nSPS) is 14.7. The summed E-state index contributed by atoms with van der Waals surface area (Å²) in [5.41, 5.74) is 2.96. The summed E-state index contributed by atoms with van der Waals surface area (Å²) in [6.45, 7) is 4.06. The number of carbonyl (C=O) groups excluding carboxylic acids is 1. The van der Waals surface area contributed by atoms with Gasteiger partial charge < -0.3 is 4.84 Å². The smallest absolute Gasteiger partial charge is 0.152 e. The molecule has 1 aliphatic carbocycles. The van der Waals surface area contributed by atoms with Crippen molar-refractivity contribution in [3.8, 4) is 0 Å². The maximum absolute atomic E-state index is 11.0. The lowest BCUT2D eigenvalue weighted by atomic mass is 10.1. The molecule has 1 heterocycles. The fraction of sp³-hybridized carbons (Fsp3) is 0.267. The monoisotopic (exact) mass is 241 g/mol.